The number of rotatable bonds is 5. The van der Waals surface area contributed by atoms with E-state index < -0.39 is 12.0 Å². The van der Waals surface area contributed by atoms with Gasteiger partial charge in [-0.3, -0.25) is 9.79 Å². The Morgan fingerprint density at radius 3 is 2.38 bits per heavy atom. The second-order valence-corrected chi connectivity index (χ2v) is 2.39. The Morgan fingerprint density at radius 2 is 2.00 bits per heavy atom. The zero-order valence-electron chi connectivity index (χ0n) is 7.31. The zero-order valence-corrected chi connectivity index (χ0v) is 10.9. The van der Waals surface area contributed by atoms with E-state index in [1.807, 2.05) is 0 Å². The second kappa shape index (κ2) is 8.49. The van der Waals surface area contributed by atoms with Crippen molar-refractivity contribution in [2.24, 2.45) is 22.2 Å². The number of hydrogen-bond acceptors (Lipinski definition) is 3. The molecule has 6 nitrogen and oxygen atoms in total. The average molecular weight is 313 g/mol. The van der Waals surface area contributed by atoms with Crippen molar-refractivity contribution in [1.82, 2.24) is 0 Å². The summed E-state index contributed by atoms with van der Waals surface area (Å²) in [6.45, 7) is 0.420. The van der Waals surface area contributed by atoms with Crippen LogP contribution in [0.25, 0.3) is 0 Å². The van der Waals surface area contributed by atoms with Crippen molar-refractivity contribution in [1.29, 1.82) is 0 Å². The largest absolute Gasteiger partial charge is 0.480 e. The van der Waals surface area contributed by atoms with Crippen molar-refractivity contribution in [3.05, 3.63) is 0 Å². The topological polar surface area (TPSA) is 128 Å². The van der Waals surface area contributed by atoms with Crippen molar-refractivity contribution in [2.75, 3.05) is 6.54 Å². The summed E-state index contributed by atoms with van der Waals surface area (Å²) in [5.41, 5.74) is 15.3. The Morgan fingerprint density at radius 1 is 1.46 bits per heavy atom. The van der Waals surface area contributed by atoms with E-state index in [0.29, 0.717) is 19.4 Å². The molecule has 0 aliphatic carbocycles. The molecular formula is C6H14LaN4O2. The first-order valence-corrected chi connectivity index (χ1v) is 3.58. The molecule has 73 valence electrons. The van der Waals surface area contributed by atoms with Crippen LogP contribution < -0.4 is 17.2 Å². The maximum Gasteiger partial charge on any atom is 0.320 e. The van der Waals surface area contributed by atoms with Crippen LogP contribution in [0.15, 0.2) is 4.99 Å². The van der Waals surface area contributed by atoms with Crippen LogP contribution in [-0.4, -0.2) is 29.6 Å². The number of carboxylic acid groups (broad SMARTS) is 1. The molecule has 0 aliphatic rings. The van der Waals surface area contributed by atoms with Crippen LogP contribution in [0, 0.1) is 35.6 Å². The van der Waals surface area contributed by atoms with E-state index in [9.17, 15) is 4.79 Å². The van der Waals surface area contributed by atoms with Crippen molar-refractivity contribution >= 4 is 11.9 Å². The van der Waals surface area contributed by atoms with E-state index in [-0.39, 0.29) is 41.6 Å². The molecule has 1 atom stereocenters. The third kappa shape index (κ3) is 9.81. The average Bonchev–Trinajstić information content (AvgIpc) is 1.97. The van der Waals surface area contributed by atoms with Gasteiger partial charge >= 0.3 is 5.97 Å². The fourth-order valence-electron chi connectivity index (χ4n) is 0.643. The van der Waals surface area contributed by atoms with Gasteiger partial charge in [-0.1, -0.05) is 0 Å². The van der Waals surface area contributed by atoms with Crippen LogP contribution in [0.5, 0.6) is 0 Å². The Kier molecular flexibility index (Phi) is 10.0. The third-order valence-electron chi connectivity index (χ3n) is 1.28. The first-order valence-electron chi connectivity index (χ1n) is 3.58. The van der Waals surface area contributed by atoms with Gasteiger partial charge in [0, 0.05) is 42.1 Å². The number of nitrogens with zero attached hydrogens (tertiary/aromatic N) is 1. The standard InChI is InChI=1S/C6H14N4O2.La/c7-4(5(11)12)2-1-3-10-6(8)9;/h4H,1-3,7H2,(H,11,12)(H4,8,9,10);. The van der Waals surface area contributed by atoms with Crippen LogP contribution in [0.2, 0.25) is 0 Å². The minimum Gasteiger partial charge on any atom is -0.480 e. The van der Waals surface area contributed by atoms with E-state index in [2.05, 4.69) is 4.99 Å². The molecule has 13 heavy (non-hydrogen) atoms. The van der Waals surface area contributed by atoms with Gasteiger partial charge in [0.25, 0.3) is 0 Å². The molecule has 0 bridgehead atoms. The first kappa shape index (κ1) is 15.4. The summed E-state index contributed by atoms with van der Waals surface area (Å²) in [6, 6.07) is -0.820. The number of aliphatic imine (C=N–C) groups is 1. The summed E-state index contributed by atoms with van der Waals surface area (Å²) in [5, 5.41) is 8.38. The number of carbonyl (C=O) groups is 1. The van der Waals surface area contributed by atoms with Gasteiger partial charge < -0.3 is 22.3 Å². The van der Waals surface area contributed by atoms with Gasteiger partial charge in [0.15, 0.2) is 5.96 Å². The molecule has 7 heteroatoms. The number of carboxylic acids is 1. The molecule has 0 fully saturated rings. The monoisotopic (exact) mass is 313 g/mol. The summed E-state index contributed by atoms with van der Waals surface area (Å²) in [6.07, 6.45) is 0.956. The first-order chi connectivity index (χ1) is 5.54. The van der Waals surface area contributed by atoms with Gasteiger partial charge in [0.2, 0.25) is 0 Å². The molecule has 0 spiro atoms. The summed E-state index contributed by atoms with van der Waals surface area (Å²) >= 11 is 0. The summed E-state index contributed by atoms with van der Waals surface area (Å²) in [4.78, 5) is 13.9. The SMILES string of the molecule is NC(N)=NCCCC(N)C(=O)O.[La]. The maximum atomic E-state index is 10.2. The molecule has 0 saturated carbocycles. The van der Waals surface area contributed by atoms with Gasteiger partial charge in [0.1, 0.15) is 6.04 Å². The normalized spacial score (nSPS) is 11.2. The summed E-state index contributed by atoms with van der Waals surface area (Å²) in [7, 11) is 0. The molecule has 0 saturated heterocycles. The van der Waals surface area contributed by atoms with Crippen molar-refractivity contribution in [2.45, 2.75) is 18.9 Å². The van der Waals surface area contributed by atoms with Gasteiger partial charge in [0.05, 0.1) is 0 Å². The molecule has 0 heterocycles. The molecule has 0 aliphatic heterocycles. The smallest absolute Gasteiger partial charge is 0.320 e. The number of aliphatic carboxylic acids is 1. The van der Waals surface area contributed by atoms with Crippen molar-refractivity contribution < 1.29 is 45.5 Å². The minimum absolute atomic E-state index is 0. The molecular weight excluding hydrogens is 299 g/mol. The molecule has 0 aromatic rings. The fraction of sp³-hybridized carbons (Fsp3) is 0.667. The van der Waals surface area contributed by atoms with E-state index in [1.54, 1.807) is 0 Å². The molecule has 7 N–H and O–H groups in total. The quantitative estimate of drug-likeness (QED) is 0.278. The minimum atomic E-state index is -1.00. The van der Waals surface area contributed by atoms with Gasteiger partial charge in [-0.25, -0.2) is 0 Å². The zero-order chi connectivity index (χ0) is 9.56. The van der Waals surface area contributed by atoms with Crippen molar-refractivity contribution in [3.63, 3.8) is 0 Å². The predicted molar refractivity (Wildman–Crippen MR) is 45.5 cm³/mol. The predicted octanol–water partition coefficient (Wildman–Crippen LogP) is -1.55. The number of guanidine groups is 1. The summed E-state index contributed by atoms with van der Waals surface area (Å²) < 4.78 is 0. The third-order valence-corrected chi connectivity index (χ3v) is 1.28. The van der Waals surface area contributed by atoms with E-state index >= 15 is 0 Å². The molecule has 0 aromatic heterocycles. The maximum absolute atomic E-state index is 10.2. The molecule has 0 aromatic carbocycles. The van der Waals surface area contributed by atoms with Crippen LogP contribution in [0.1, 0.15) is 12.8 Å². The van der Waals surface area contributed by atoms with Crippen LogP contribution in [0.4, 0.5) is 0 Å². The molecule has 0 amide bonds. The Balaban J connectivity index is 0. The Bertz CT molecular complexity index is 181. The van der Waals surface area contributed by atoms with Gasteiger partial charge in [-0.2, -0.15) is 0 Å². The van der Waals surface area contributed by atoms with Gasteiger partial charge in [-0.05, 0) is 12.8 Å². The van der Waals surface area contributed by atoms with E-state index in [1.165, 1.54) is 0 Å². The number of nitrogens with two attached hydrogens (primary N) is 3. The molecule has 0 rings (SSSR count). The van der Waals surface area contributed by atoms with Crippen LogP contribution in [-0.2, 0) is 4.79 Å². The van der Waals surface area contributed by atoms with Crippen molar-refractivity contribution in [3.8, 4) is 0 Å². The Hall–Kier alpha value is -0.105. The summed E-state index contributed by atoms with van der Waals surface area (Å²) in [5.74, 6) is -0.987. The van der Waals surface area contributed by atoms with E-state index in [4.69, 9.17) is 22.3 Å². The number of hydrogen-bond donors (Lipinski definition) is 4. The molecule has 1 unspecified atom stereocenters. The van der Waals surface area contributed by atoms with Gasteiger partial charge in [-0.15, -0.1) is 0 Å². The van der Waals surface area contributed by atoms with Crippen LogP contribution in [0.3, 0.4) is 0 Å². The van der Waals surface area contributed by atoms with E-state index in [0.717, 1.165) is 0 Å². The van der Waals surface area contributed by atoms with Crippen LogP contribution >= 0.6 is 0 Å². The Labute approximate surface area is 105 Å². The second-order valence-electron chi connectivity index (χ2n) is 2.39. The molecule has 1 radical (unpaired) electrons. The fourth-order valence-corrected chi connectivity index (χ4v) is 0.643.